The first-order valence-electron chi connectivity index (χ1n) is 5.17. The normalized spacial score (nSPS) is 11.2. The third-order valence-electron chi connectivity index (χ3n) is 2.09. The molecule has 0 aliphatic carbocycles. The van der Waals surface area contributed by atoms with Crippen molar-refractivity contribution in [2.24, 2.45) is 11.6 Å². The summed E-state index contributed by atoms with van der Waals surface area (Å²) in [6.45, 7) is 0.115. The van der Waals surface area contributed by atoms with Crippen LogP contribution in [0.1, 0.15) is 12.8 Å². The van der Waals surface area contributed by atoms with E-state index in [9.17, 15) is 13.2 Å². The summed E-state index contributed by atoms with van der Waals surface area (Å²) in [4.78, 5) is 14.2. The number of pyridine rings is 1. The number of hydrazine groups is 1. The zero-order valence-corrected chi connectivity index (χ0v) is 10.4. The minimum absolute atomic E-state index is 0.0495. The monoisotopic (exact) mass is 273 g/mol. The molecular weight excluding hydrogens is 258 g/mol. The Morgan fingerprint density at radius 3 is 2.78 bits per heavy atom. The topological polar surface area (TPSA) is 140 Å². The predicted octanol–water partition coefficient (Wildman–Crippen LogP) is -1.09. The quantitative estimate of drug-likeness (QED) is 0.283. The Kier molecular flexibility index (Phi) is 5.01. The van der Waals surface area contributed by atoms with E-state index in [0.717, 1.165) is 0 Å². The van der Waals surface area contributed by atoms with Crippen LogP contribution in [0, 0.1) is 0 Å². The third kappa shape index (κ3) is 3.95. The summed E-state index contributed by atoms with van der Waals surface area (Å²) in [6, 6.07) is 2.86. The van der Waals surface area contributed by atoms with Crippen LogP contribution in [0.4, 0.5) is 5.82 Å². The van der Waals surface area contributed by atoms with Gasteiger partial charge in [0.05, 0.1) is 0 Å². The third-order valence-corrected chi connectivity index (χ3v) is 3.58. The van der Waals surface area contributed by atoms with Gasteiger partial charge in [-0.25, -0.2) is 24.0 Å². The smallest absolute Gasteiger partial charge is 0.244 e. The van der Waals surface area contributed by atoms with Crippen LogP contribution in [-0.4, -0.2) is 25.9 Å². The number of rotatable bonds is 7. The molecule has 9 heteroatoms. The van der Waals surface area contributed by atoms with Crippen molar-refractivity contribution in [3.05, 3.63) is 18.3 Å². The van der Waals surface area contributed by atoms with Gasteiger partial charge in [-0.3, -0.25) is 4.79 Å². The minimum Gasteiger partial charge on any atom is -0.370 e. The Morgan fingerprint density at radius 2 is 2.17 bits per heavy atom. The van der Waals surface area contributed by atoms with E-state index in [1.165, 1.54) is 18.3 Å². The van der Waals surface area contributed by atoms with Crippen molar-refractivity contribution >= 4 is 21.7 Å². The molecule has 0 aliphatic heterocycles. The number of carbonyl (C=O) groups is 1. The highest BCUT2D eigenvalue weighted by atomic mass is 32.2. The van der Waals surface area contributed by atoms with Crippen LogP contribution in [0.15, 0.2) is 23.2 Å². The zero-order chi connectivity index (χ0) is 13.6. The highest BCUT2D eigenvalue weighted by Gasteiger charge is 2.18. The summed E-state index contributed by atoms with van der Waals surface area (Å²) in [5.74, 6) is 4.76. The summed E-state index contributed by atoms with van der Waals surface area (Å²) < 4.78 is 26.1. The highest BCUT2D eigenvalue weighted by Crippen LogP contribution is 2.16. The van der Waals surface area contributed by atoms with Gasteiger partial charge in [-0.05, 0) is 18.6 Å². The maximum Gasteiger partial charge on any atom is 0.244 e. The van der Waals surface area contributed by atoms with Gasteiger partial charge in [0.1, 0.15) is 4.90 Å². The van der Waals surface area contributed by atoms with E-state index in [-0.39, 0.29) is 23.7 Å². The molecule has 0 saturated carbocycles. The van der Waals surface area contributed by atoms with Crippen LogP contribution in [0.3, 0.4) is 0 Å². The molecule has 18 heavy (non-hydrogen) atoms. The number of primary amides is 1. The summed E-state index contributed by atoms with van der Waals surface area (Å²) in [5.41, 5.74) is 7.15. The lowest BCUT2D eigenvalue weighted by molar-refractivity contribution is -0.118. The van der Waals surface area contributed by atoms with Crippen molar-refractivity contribution in [1.29, 1.82) is 0 Å². The van der Waals surface area contributed by atoms with E-state index >= 15 is 0 Å². The number of nitrogens with two attached hydrogens (primary N) is 2. The molecule has 1 aromatic rings. The average molecular weight is 273 g/mol. The Hall–Kier alpha value is -1.71. The molecule has 1 heterocycles. The summed E-state index contributed by atoms with van der Waals surface area (Å²) >= 11 is 0. The van der Waals surface area contributed by atoms with Gasteiger partial charge in [0.25, 0.3) is 0 Å². The number of hydrogen-bond acceptors (Lipinski definition) is 6. The van der Waals surface area contributed by atoms with Crippen LogP contribution in [0.2, 0.25) is 0 Å². The number of nitrogens with zero attached hydrogens (tertiary/aromatic N) is 1. The van der Waals surface area contributed by atoms with Gasteiger partial charge in [-0.15, -0.1) is 0 Å². The number of anilines is 1. The van der Waals surface area contributed by atoms with Crippen molar-refractivity contribution in [2.75, 3.05) is 12.0 Å². The van der Waals surface area contributed by atoms with Gasteiger partial charge in [-0.1, -0.05) is 0 Å². The minimum atomic E-state index is -3.71. The van der Waals surface area contributed by atoms with Crippen LogP contribution < -0.4 is 21.7 Å². The molecule has 0 atom stereocenters. The Labute approximate surface area is 105 Å². The molecule has 0 aliphatic rings. The number of sulfonamides is 1. The van der Waals surface area contributed by atoms with Crippen molar-refractivity contribution < 1.29 is 13.2 Å². The first-order chi connectivity index (χ1) is 8.47. The molecule has 1 amide bonds. The van der Waals surface area contributed by atoms with Crippen LogP contribution in [0.5, 0.6) is 0 Å². The van der Waals surface area contributed by atoms with Crippen molar-refractivity contribution in [3.63, 3.8) is 0 Å². The molecule has 0 bridgehead atoms. The Bertz CT molecular complexity index is 517. The Morgan fingerprint density at radius 1 is 1.44 bits per heavy atom. The number of aromatic nitrogens is 1. The van der Waals surface area contributed by atoms with Crippen molar-refractivity contribution in [1.82, 2.24) is 9.71 Å². The lowest BCUT2D eigenvalue weighted by Crippen LogP contribution is -2.27. The average Bonchev–Trinajstić information content (AvgIpc) is 2.34. The molecule has 0 fully saturated rings. The summed E-state index contributed by atoms with van der Waals surface area (Å²) in [5, 5.41) is 0. The van der Waals surface area contributed by atoms with Gasteiger partial charge in [0.15, 0.2) is 5.82 Å². The number of amides is 1. The van der Waals surface area contributed by atoms with Gasteiger partial charge in [-0.2, -0.15) is 0 Å². The summed E-state index contributed by atoms with van der Waals surface area (Å²) in [7, 11) is -3.71. The molecule has 100 valence electrons. The van der Waals surface area contributed by atoms with E-state index in [1.807, 2.05) is 0 Å². The molecule has 8 nitrogen and oxygen atoms in total. The van der Waals surface area contributed by atoms with E-state index in [2.05, 4.69) is 15.1 Å². The second-order valence-corrected chi connectivity index (χ2v) is 5.20. The molecule has 0 spiro atoms. The maximum absolute atomic E-state index is 11.9. The lowest BCUT2D eigenvalue weighted by Gasteiger charge is -2.09. The summed E-state index contributed by atoms with van der Waals surface area (Å²) in [6.07, 6.45) is 1.87. The van der Waals surface area contributed by atoms with Crippen LogP contribution in [0.25, 0.3) is 0 Å². The van der Waals surface area contributed by atoms with Crippen LogP contribution >= 0.6 is 0 Å². The van der Waals surface area contributed by atoms with Gasteiger partial charge >= 0.3 is 0 Å². The molecular formula is C9H15N5O3S. The molecule has 6 N–H and O–H groups in total. The van der Waals surface area contributed by atoms with Crippen molar-refractivity contribution in [3.8, 4) is 0 Å². The zero-order valence-electron chi connectivity index (χ0n) is 9.59. The number of hydrogen-bond donors (Lipinski definition) is 4. The van der Waals surface area contributed by atoms with E-state index < -0.39 is 15.9 Å². The van der Waals surface area contributed by atoms with Gasteiger partial charge < -0.3 is 11.2 Å². The fraction of sp³-hybridized carbons (Fsp3) is 0.333. The lowest BCUT2D eigenvalue weighted by atomic mass is 10.3. The fourth-order valence-corrected chi connectivity index (χ4v) is 2.46. The number of nitrogens with one attached hydrogen (secondary N) is 2. The predicted molar refractivity (Wildman–Crippen MR) is 65.7 cm³/mol. The largest absolute Gasteiger partial charge is 0.370 e. The SMILES string of the molecule is NNc1ncccc1S(=O)(=O)NCCCC(N)=O. The fourth-order valence-electron chi connectivity index (χ4n) is 1.26. The molecule has 0 unspecified atom stereocenters. The van der Waals surface area contributed by atoms with E-state index in [1.54, 1.807) is 0 Å². The first kappa shape index (κ1) is 14.4. The standard InChI is InChI=1S/C9H15N5O3S/c10-8(15)4-2-6-13-18(16,17)7-3-1-5-12-9(7)14-11/h1,3,5,13H,2,4,6,11H2,(H2,10,15)(H,12,14). The van der Waals surface area contributed by atoms with E-state index in [0.29, 0.717) is 6.42 Å². The maximum atomic E-state index is 11.9. The first-order valence-corrected chi connectivity index (χ1v) is 6.65. The molecule has 0 aromatic carbocycles. The van der Waals surface area contributed by atoms with Crippen molar-refractivity contribution in [2.45, 2.75) is 17.7 Å². The van der Waals surface area contributed by atoms with Gasteiger partial charge in [0.2, 0.25) is 15.9 Å². The molecule has 0 saturated heterocycles. The van der Waals surface area contributed by atoms with E-state index in [4.69, 9.17) is 11.6 Å². The molecule has 1 aromatic heterocycles. The number of nitrogen functional groups attached to an aromatic ring is 1. The van der Waals surface area contributed by atoms with Gasteiger partial charge in [0, 0.05) is 19.2 Å². The highest BCUT2D eigenvalue weighted by molar-refractivity contribution is 7.89. The van der Waals surface area contributed by atoms with Crippen LogP contribution in [-0.2, 0) is 14.8 Å². The molecule has 0 radical (unpaired) electrons. The molecule has 1 rings (SSSR count). The second kappa shape index (κ2) is 6.28. The number of carbonyl (C=O) groups excluding carboxylic acids is 1. The Balaban J connectivity index is 2.71. The second-order valence-electron chi connectivity index (χ2n) is 3.46.